The van der Waals surface area contributed by atoms with Crippen LogP contribution in [0.3, 0.4) is 0 Å². The van der Waals surface area contributed by atoms with E-state index < -0.39 is 12.0 Å². The molecule has 0 fully saturated rings. The summed E-state index contributed by atoms with van der Waals surface area (Å²) in [5.74, 6) is -0.515. The number of esters is 1. The Hall–Kier alpha value is -4.53. The van der Waals surface area contributed by atoms with E-state index in [0.717, 1.165) is 22.4 Å². The minimum atomic E-state index is -0.658. The Kier molecular flexibility index (Phi) is 6.79. The second kappa shape index (κ2) is 10.6. The first-order chi connectivity index (χ1) is 19.4. The Morgan fingerprint density at radius 1 is 1.00 bits per heavy atom. The molecule has 3 heterocycles. The second-order valence-corrected chi connectivity index (χ2v) is 10.6. The van der Waals surface area contributed by atoms with E-state index in [9.17, 15) is 9.59 Å². The molecule has 5 aromatic rings. The number of hydrogen-bond donors (Lipinski definition) is 0. The highest BCUT2D eigenvalue weighted by Gasteiger charge is 2.33. The van der Waals surface area contributed by atoms with Crippen LogP contribution >= 0.6 is 22.9 Å². The van der Waals surface area contributed by atoms with Crippen LogP contribution in [-0.2, 0) is 9.53 Å². The lowest BCUT2D eigenvalue weighted by Gasteiger charge is -2.24. The Morgan fingerprint density at radius 2 is 1.68 bits per heavy atom. The van der Waals surface area contributed by atoms with E-state index in [1.807, 2.05) is 97.2 Å². The van der Waals surface area contributed by atoms with Crippen molar-refractivity contribution in [1.29, 1.82) is 0 Å². The molecule has 0 spiro atoms. The van der Waals surface area contributed by atoms with Gasteiger partial charge in [0.05, 0.1) is 34.6 Å². The summed E-state index contributed by atoms with van der Waals surface area (Å²) in [7, 11) is 1.33. The van der Waals surface area contributed by atoms with E-state index in [4.69, 9.17) is 21.4 Å². The average molecular weight is 567 g/mol. The number of hydrogen-bond acceptors (Lipinski definition) is 6. The highest BCUT2D eigenvalue weighted by atomic mass is 35.5. The fourth-order valence-corrected chi connectivity index (χ4v) is 5.99. The number of halogens is 1. The van der Waals surface area contributed by atoms with Crippen molar-refractivity contribution in [1.82, 2.24) is 14.3 Å². The number of allylic oxidation sites excluding steroid dienone is 1. The van der Waals surface area contributed by atoms with Crippen molar-refractivity contribution in [2.45, 2.75) is 13.0 Å². The number of rotatable bonds is 5. The molecular formula is C31H23ClN4O3S. The van der Waals surface area contributed by atoms with E-state index >= 15 is 0 Å². The maximum Gasteiger partial charge on any atom is 0.338 e. The summed E-state index contributed by atoms with van der Waals surface area (Å²) in [6.45, 7) is 1.77. The molecule has 0 radical (unpaired) electrons. The van der Waals surface area contributed by atoms with Crippen LogP contribution in [0.1, 0.15) is 24.1 Å². The Bertz CT molecular complexity index is 1940. The number of fused-ring (bicyclic) bond motifs is 1. The van der Waals surface area contributed by atoms with Gasteiger partial charge in [0.1, 0.15) is 5.69 Å². The monoisotopic (exact) mass is 566 g/mol. The molecule has 1 aliphatic heterocycles. The van der Waals surface area contributed by atoms with E-state index in [1.54, 1.807) is 16.2 Å². The molecule has 40 heavy (non-hydrogen) atoms. The third kappa shape index (κ3) is 4.61. The minimum absolute atomic E-state index is 0.249. The fraction of sp³-hybridized carbons (Fsp3) is 0.0968. The summed E-state index contributed by atoms with van der Waals surface area (Å²) < 4.78 is 8.93. The van der Waals surface area contributed by atoms with Crippen LogP contribution in [0.4, 0.5) is 0 Å². The smallest absolute Gasteiger partial charge is 0.338 e. The summed E-state index contributed by atoms with van der Waals surface area (Å²) in [5, 5.41) is 5.48. The average Bonchev–Trinajstić information content (AvgIpc) is 3.54. The number of para-hydroxylation sites is 1. The summed E-state index contributed by atoms with van der Waals surface area (Å²) in [4.78, 5) is 32.0. The number of ether oxygens (including phenoxy) is 1. The van der Waals surface area contributed by atoms with Crippen molar-refractivity contribution in [3.63, 3.8) is 0 Å². The number of benzene rings is 3. The zero-order valence-electron chi connectivity index (χ0n) is 21.6. The van der Waals surface area contributed by atoms with Crippen molar-refractivity contribution >= 4 is 35.0 Å². The van der Waals surface area contributed by atoms with Gasteiger partial charge < -0.3 is 4.74 Å². The summed E-state index contributed by atoms with van der Waals surface area (Å²) >= 11 is 7.42. The molecule has 0 amide bonds. The normalized spacial score (nSPS) is 15.1. The highest BCUT2D eigenvalue weighted by molar-refractivity contribution is 7.07. The van der Waals surface area contributed by atoms with Gasteiger partial charge in [-0.3, -0.25) is 9.36 Å². The second-order valence-electron chi connectivity index (χ2n) is 9.20. The topological polar surface area (TPSA) is 78.5 Å². The molecule has 1 unspecified atom stereocenters. The lowest BCUT2D eigenvalue weighted by Crippen LogP contribution is -2.39. The molecule has 0 N–H and O–H groups in total. The molecule has 0 bridgehead atoms. The van der Waals surface area contributed by atoms with Gasteiger partial charge in [0.2, 0.25) is 0 Å². The van der Waals surface area contributed by atoms with Gasteiger partial charge in [-0.15, -0.1) is 0 Å². The Morgan fingerprint density at radius 3 is 2.35 bits per heavy atom. The molecule has 9 heteroatoms. The van der Waals surface area contributed by atoms with Gasteiger partial charge in [0, 0.05) is 22.3 Å². The highest BCUT2D eigenvalue weighted by Crippen LogP contribution is 2.30. The van der Waals surface area contributed by atoms with E-state index in [0.29, 0.717) is 31.3 Å². The van der Waals surface area contributed by atoms with Crippen LogP contribution < -0.4 is 14.9 Å². The Labute approximate surface area is 238 Å². The minimum Gasteiger partial charge on any atom is -0.466 e. The van der Waals surface area contributed by atoms with Crippen LogP contribution in [0.2, 0.25) is 5.02 Å². The van der Waals surface area contributed by atoms with Gasteiger partial charge >= 0.3 is 5.97 Å². The summed E-state index contributed by atoms with van der Waals surface area (Å²) in [6.07, 6.45) is 3.73. The molecule has 0 saturated heterocycles. The van der Waals surface area contributed by atoms with E-state index in [1.165, 1.54) is 18.4 Å². The number of carbonyl (C=O) groups excluding carboxylic acids is 1. The van der Waals surface area contributed by atoms with Gasteiger partial charge in [-0.05, 0) is 42.8 Å². The summed E-state index contributed by atoms with van der Waals surface area (Å²) in [5.41, 5.74) is 4.63. The third-order valence-electron chi connectivity index (χ3n) is 6.71. The standard InChI is InChI=1S/C31H23ClN4O3S/c1-19-26(30(38)39-2)28(21-9-5-3-6-10-21)36-29(37)25(40-31(36)33-19)17-22-18-35(24-11-7-4-8-12-24)34-27(22)20-13-15-23(32)16-14-20/h3-18,28H,1-2H3/b25-17+. The van der Waals surface area contributed by atoms with Crippen LogP contribution in [0.5, 0.6) is 0 Å². The summed E-state index contributed by atoms with van der Waals surface area (Å²) in [6, 6.07) is 26.0. The maximum atomic E-state index is 14.0. The van der Waals surface area contributed by atoms with Crippen molar-refractivity contribution in [2.24, 2.45) is 4.99 Å². The molecule has 3 aromatic carbocycles. The van der Waals surface area contributed by atoms with Crippen LogP contribution in [0, 0.1) is 0 Å². The van der Waals surface area contributed by atoms with Crippen molar-refractivity contribution < 1.29 is 9.53 Å². The van der Waals surface area contributed by atoms with Crippen molar-refractivity contribution in [3.8, 4) is 16.9 Å². The zero-order valence-corrected chi connectivity index (χ0v) is 23.2. The first kappa shape index (κ1) is 25.7. The fourth-order valence-electron chi connectivity index (χ4n) is 4.82. The van der Waals surface area contributed by atoms with Gasteiger partial charge in [-0.1, -0.05) is 83.6 Å². The largest absolute Gasteiger partial charge is 0.466 e. The van der Waals surface area contributed by atoms with Crippen LogP contribution in [-0.4, -0.2) is 27.4 Å². The van der Waals surface area contributed by atoms with E-state index in [2.05, 4.69) is 4.99 Å². The lowest BCUT2D eigenvalue weighted by atomic mass is 9.96. The van der Waals surface area contributed by atoms with Gasteiger partial charge in [0.15, 0.2) is 4.80 Å². The number of nitrogens with zero attached hydrogens (tertiary/aromatic N) is 4. The Balaban J connectivity index is 1.57. The molecular weight excluding hydrogens is 544 g/mol. The molecule has 198 valence electrons. The molecule has 0 aliphatic carbocycles. The molecule has 1 aliphatic rings. The predicted molar refractivity (Wildman–Crippen MR) is 156 cm³/mol. The maximum absolute atomic E-state index is 14.0. The van der Waals surface area contributed by atoms with E-state index in [-0.39, 0.29) is 5.56 Å². The molecule has 6 rings (SSSR count). The SMILES string of the molecule is COC(=O)C1=C(C)N=c2s/c(=C/c3cn(-c4ccccc4)nc3-c3ccc(Cl)cc3)c(=O)n2C1c1ccccc1. The number of thiazole rings is 1. The zero-order chi connectivity index (χ0) is 27.8. The number of carbonyl (C=O) groups is 1. The number of methoxy groups -OCH3 is 1. The van der Waals surface area contributed by atoms with Gasteiger partial charge in [0.25, 0.3) is 5.56 Å². The van der Waals surface area contributed by atoms with Crippen molar-refractivity contribution in [3.05, 3.63) is 138 Å². The van der Waals surface area contributed by atoms with Crippen LogP contribution in [0.25, 0.3) is 23.0 Å². The van der Waals surface area contributed by atoms with Gasteiger partial charge in [-0.2, -0.15) is 5.10 Å². The first-order valence-corrected chi connectivity index (χ1v) is 13.7. The predicted octanol–water partition coefficient (Wildman–Crippen LogP) is 4.91. The number of aromatic nitrogens is 3. The van der Waals surface area contributed by atoms with Gasteiger partial charge in [-0.25, -0.2) is 14.5 Å². The lowest BCUT2D eigenvalue weighted by molar-refractivity contribution is -0.136. The van der Waals surface area contributed by atoms with Crippen molar-refractivity contribution in [2.75, 3.05) is 7.11 Å². The third-order valence-corrected chi connectivity index (χ3v) is 7.94. The quantitative estimate of drug-likeness (QED) is 0.283. The molecule has 2 aromatic heterocycles. The molecule has 7 nitrogen and oxygen atoms in total. The molecule has 0 saturated carbocycles. The molecule has 1 atom stereocenters. The first-order valence-electron chi connectivity index (χ1n) is 12.5. The van der Waals surface area contributed by atoms with Crippen LogP contribution in [0.15, 0.2) is 112 Å².